The van der Waals surface area contributed by atoms with E-state index in [4.69, 9.17) is 28.0 Å². The molecule has 0 aromatic carbocycles. The van der Waals surface area contributed by atoms with E-state index in [0.717, 1.165) is 4.90 Å². The van der Waals surface area contributed by atoms with Gasteiger partial charge in [-0.25, -0.2) is 4.79 Å². The fraction of sp³-hybridized carbons (Fsp3) is 0.588. The molecule has 4 atom stereocenters. The van der Waals surface area contributed by atoms with Gasteiger partial charge in [0.15, 0.2) is 0 Å². The summed E-state index contributed by atoms with van der Waals surface area (Å²) in [5, 5.41) is 13.4. The van der Waals surface area contributed by atoms with Gasteiger partial charge in [-0.2, -0.15) is 0 Å². The number of carbonyl (C=O) groups excluding carboxylic acids is 6. The molecule has 0 aromatic heterocycles. The topological polar surface area (TPSA) is 271 Å². The van der Waals surface area contributed by atoms with Gasteiger partial charge in [-0.05, 0) is 12.8 Å². The predicted molar refractivity (Wildman–Crippen MR) is 106 cm³/mol. The van der Waals surface area contributed by atoms with Crippen molar-refractivity contribution in [3.05, 3.63) is 0 Å². The molecule has 1 aliphatic heterocycles. The van der Waals surface area contributed by atoms with E-state index in [1.54, 1.807) is 0 Å². The fourth-order valence-corrected chi connectivity index (χ4v) is 3.17. The summed E-state index contributed by atoms with van der Waals surface area (Å²) in [7, 11) is 0. The third-order valence-corrected chi connectivity index (χ3v) is 4.64. The molecular weight excluding hydrogens is 430 g/mol. The van der Waals surface area contributed by atoms with E-state index in [1.807, 2.05) is 5.32 Å². The lowest BCUT2D eigenvalue weighted by Gasteiger charge is -2.28. The number of carbonyl (C=O) groups is 7. The molecule has 1 fully saturated rings. The van der Waals surface area contributed by atoms with Crippen LogP contribution in [0, 0.1) is 0 Å². The molecule has 1 aliphatic rings. The lowest BCUT2D eigenvalue weighted by Crippen LogP contribution is -2.57. The highest BCUT2D eigenvalue weighted by Gasteiger charge is 2.38. The van der Waals surface area contributed by atoms with Gasteiger partial charge >= 0.3 is 5.97 Å². The second kappa shape index (κ2) is 11.6. The lowest BCUT2D eigenvalue weighted by molar-refractivity contribution is -0.144. The smallest absolute Gasteiger partial charge is 0.326 e. The quantitative estimate of drug-likeness (QED) is 0.147. The summed E-state index contributed by atoms with van der Waals surface area (Å²) < 4.78 is 0. The molecule has 1 saturated heterocycles. The molecule has 0 aromatic rings. The number of likely N-dealkylation sites (tertiary alicyclic amines) is 1. The van der Waals surface area contributed by atoms with Crippen LogP contribution in [0.3, 0.4) is 0 Å². The summed E-state index contributed by atoms with van der Waals surface area (Å²) in [5.41, 5.74) is 20.7. The Labute approximate surface area is 182 Å². The molecule has 1 rings (SSSR count). The molecular formula is C17H27N7O8. The molecule has 0 bridgehead atoms. The van der Waals surface area contributed by atoms with Crippen molar-refractivity contribution in [2.75, 3.05) is 6.54 Å². The van der Waals surface area contributed by atoms with Crippen LogP contribution in [0.15, 0.2) is 0 Å². The summed E-state index contributed by atoms with van der Waals surface area (Å²) in [6.07, 6.45) is -1.18. The molecule has 0 spiro atoms. The van der Waals surface area contributed by atoms with Crippen LogP contribution in [0.1, 0.15) is 32.1 Å². The van der Waals surface area contributed by atoms with Gasteiger partial charge < -0.3 is 43.6 Å². The highest BCUT2D eigenvalue weighted by atomic mass is 16.4. The summed E-state index contributed by atoms with van der Waals surface area (Å²) in [4.78, 5) is 83.4. The summed E-state index contributed by atoms with van der Waals surface area (Å²) in [6, 6.07) is -5.57. The van der Waals surface area contributed by atoms with Gasteiger partial charge in [0.2, 0.25) is 35.4 Å². The SMILES string of the molecule is NC(=O)CC(N)C(=O)N1CCCC1C(=O)NC(CC(N)=O)C(=O)NC(CC(N)=O)C(=O)O. The molecule has 0 saturated carbocycles. The van der Waals surface area contributed by atoms with Gasteiger partial charge in [-0.15, -0.1) is 0 Å². The molecule has 15 heteroatoms. The Bertz CT molecular complexity index is 802. The van der Waals surface area contributed by atoms with Crippen molar-refractivity contribution in [2.45, 2.75) is 56.3 Å². The monoisotopic (exact) mass is 457 g/mol. The number of nitrogens with one attached hydrogen (secondary N) is 2. The van der Waals surface area contributed by atoms with Crippen molar-refractivity contribution in [1.29, 1.82) is 0 Å². The number of aliphatic carboxylic acids is 1. The average molecular weight is 457 g/mol. The first-order chi connectivity index (χ1) is 14.8. The first-order valence-corrected chi connectivity index (χ1v) is 9.58. The van der Waals surface area contributed by atoms with Crippen LogP contribution in [0.25, 0.3) is 0 Å². The molecule has 1 heterocycles. The number of carboxylic acid groups (broad SMARTS) is 1. The normalized spacial score (nSPS) is 18.2. The highest BCUT2D eigenvalue weighted by Crippen LogP contribution is 2.19. The van der Waals surface area contributed by atoms with E-state index < -0.39 is 84.8 Å². The third kappa shape index (κ3) is 7.82. The lowest BCUT2D eigenvalue weighted by atomic mass is 10.1. The minimum atomic E-state index is -1.69. The maximum atomic E-state index is 12.7. The van der Waals surface area contributed by atoms with Crippen molar-refractivity contribution in [1.82, 2.24) is 15.5 Å². The molecule has 0 radical (unpaired) electrons. The van der Waals surface area contributed by atoms with Crippen molar-refractivity contribution >= 4 is 41.4 Å². The first-order valence-electron chi connectivity index (χ1n) is 9.58. The zero-order valence-corrected chi connectivity index (χ0v) is 17.1. The van der Waals surface area contributed by atoms with Gasteiger partial charge in [0.1, 0.15) is 18.1 Å². The minimum absolute atomic E-state index is 0.162. The van der Waals surface area contributed by atoms with E-state index in [2.05, 4.69) is 5.32 Å². The van der Waals surface area contributed by atoms with Crippen LogP contribution in [-0.4, -0.2) is 82.1 Å². The number of hydrogen-bond acceptors (Lipinski definition) is 8. The van der Waals surface area contributed by atoms with Crippen molar-refractivity contribution in [2.24, 2.45) is 22.9 Å². The standard InChI is InChI=1S/C17H27N7O8/c18-7(4-11(19)25)16(30)24-3-1-2-10(24)15(29)22-8(5-12(20)26)14(28)23-9(17(31)32)6-13(21)27/h7-10H,1-6,18H2,(H2,19,25)(H2,20,26)(H2,21,27)(H,22,29)(H,23,28)(H,31,32). The largest absolute Gasteiger partial charge is 0.480 e. The Kier molecular flexibility index (Phi) is 9.52. The Morgan fingerprint density at radius 2 is 1.41 bits per heavy atom. The summed E-state index contributed by atoms with van der Waals surface area (Å²) in [5.74, 6) is -6.93. The van der Waals surface area contributed by atoms with E-state index >= 15 is 0 Å². The number of carboxylic acids is 1. The van der Waals surface area contributed by atoms with Crippen LogP contribution in [0.2, 0.25) is 0 Å². The molecule has 32 heavy (non-hydrogen) atoms. The van der Waals surface area contributed by atoms with E-state index in [1.165, 1.54) is 0 Å². The van der Waals surface area contributed by atoms with Crippen molar-refractivity contribution < 1.29 is 38.7 Å². The van der Waals surface area contributed by atoms with Crippen molar-refractivity contribution in [3.63, 3.8) is 0 Å². The molecule has 15 nitrogen and oxygen atoms in total. The average Bonchev–Trinajstić information content (AvgIpc) is 3.14. The van der Waals surface area contributed by atoms with E-state index in [9.17, 15) is 33.6 Å². The van der Waals surface area contributed by atoms with Crippen LogP contribution in [0.5, 0.6) is 0 Å². The number of nitrogens with two attached hydrogens (primary N) is 4. The molecule has 178 valence electrons. The number of nitrogens with zero attached hydrogens (tertiary/aromatic N) is 1. The highest BCUT2D eigenvalue weighted by molar-refractivity contribution is 5.97. The molecule has 11 N–H and O–H groups in total. The molecule has 4 unspecified atom stereocenters. The molecule has 6 amide bonds. The maximum absolute atomic E-state index is 12.7. The van der Waals surface area contributed by atoms with Crippen LogP contribution in [-0.2, 0) is 33.6 Å². The Morgan fingerprint density at radius 1 is 0.875 bits per heavy atom. The molecule has 0 aliphatic carbocycles. The Morgan fingerprint density at radius 3 is 1.91 bits per heavy atom. The van der Waals surface area contributed by atoms with Crippen molar-refractivity contribution in [3.8, 4) is 0 Å². The Balaban J connectivity index is 2.94. The van der Waals surface area contributed by atoms with Gasteiger partial charge in [-0.3, -0.25) is 28.8 Å². The van der Waals surface area contributed by atoms with Crippen LogP contribution >= 0.6 is 0 Å². The van der Waals surface area contributed by atoms with Gasteiger partial charge in [-0.1, -0.05) is 0 Å². The van der Waals surface area contributed by atoms with Crippen LogP contribution in [0.4, 0.5) is 0 Å². The second-order valence-electron chi connectivity index (χ2n) is 7.27. The van der Waals surface area contributed by atoms with Gasteiger partial charge in [0, 0.05) is 6.54 Å². The predicted octanol–water partition coefficient (Wildman–Crippen LogP) is -5.01. The number of rotatable bonds is 12. The fourth-order valence-electron chi connectivity index (χ4n) is 3.17. The zero-order chi connectivity index (χ0) is 24.6. The van der Waals surface area contributed by atoms with Gasteiger partial charge in [0.05, 0.1) is 25.3 Å². The maximum Gasteiger partial charge on any atom is 0.326 e. The minimum Gasteiger partial charge on any atom is -0.480 e. The second-order valence-corrected chi connectivity index (χ2v) is 7.27. The van der Waals surface area contributed by atoms with E-state index in [0.29, 0.717) is 6.42 Å². The number of amides is 6. The number of primary amides is 3. The third-order valence-electron chi connectivity index (χ3n) is 4.64. The van der Waals surface area contributed by atoms with Crippen LogP contribution < -0.4 is 33.6 Å². The zero-order valence-electron chi connectivity index (χ0n) is 17.1. The Hall–Kier alpha value is -3.75. The first kappa shape index (κ1) is 26.3. The van der Waals surface area contributed by atoms with Gasteiger partial charge in [0.25, 0.3) is 0 Å². The summed E-state index contributed by atoms with van der Waals surface area (Å²) >= 11 is 0. The number of hydrogen-bond donors (Lipinski definition) is 7. The summed E-state index contributed by atoms with van der Waals surface area (Å²) in [6.45, 7) is 0.162. The van der Waals surface area contributed by atoms with E-state index in [-0.39, 0.29) is 13.0 Å².